The summed E-state index contributed by atoms with van der Waals surface area (Å²) in [7, 11) is 0. The van der Waals surface area contributed by atoms with Crippen LogP contribution in [0.25, 0.3) is 0 Å². The van der Waals surface area contributed by atoms with E-state index in [2.05, 4.69) is 16.8 Å². The third-order valence-corrected chi connectivity index (χ3v) is 1.14. The fourth-order valence-electron chi connectivity index (χ4n) is 0.670. The predicted molar refractivity (Wildman–Crippen MR) is 41.4 cm³/mol. The van der Waals surface area contributed by atoms with Gasteiger partial charge in [-0.3, -0.25) is 0 Å². The van der Waals surface area contributed by atoms with Gasteiger partial charge in [-0.15, -0.1) is 0 Å². The third-order valence-electron chi connectivity index (χ3n) is 1.14. The zero-order chi connectivity index (χ0) is 8.81. The van der Waals surface area contributed by atoms with Crippen LogP contribution in [-0.2, 0) is 0 Å². The van der Waals surface area contributed by atoms with Gasteiger partial charge in [-0.05, 0) is 12.1 Å². The van der Waals surface area contributed by atoms with Gasteiger partial charge >= 0.3 is 0 Å². The first kappa shape index (κ1) is 7.79. The summed E-state index contributed by atoms with van der Waals surface area (Å²) in [4.78, 5) is 3.75. The van der Waals surface area contributed by atoms with Gasteiger partial charge in [0.2, 0.25) is 0 Å². The van der Waals surface area contributed by atoms with Crippen LogP contribution in [0.2, 0.25) is 0 Å². The summed E-state index contributed by atoms with van der Waals surface area (Å²) in [6.07, 6.45) is 1.49. The van der Waals surface area contributed by atoms with Crippen LogP contribution < -0.4 is 0 Å². The third kappa shape index (κ3) is 1.84. The Hall–Kier alpha value is -2.31. The molecule has 1 aromatic rings. The molecule has 0 aliphatic carbocycles. The minimum atomic E-state index is 0.305. The second-order valence-electron chi connectivity index (χ2n) is 1.90. The summed E-state index contributed by atoms with van der Waals surface area (Å²) in [5.74, 6) is 4.80. The Morgan fingerprint density at radius 1 is 1.33 bits per heavy atom. The van der Waals surface area contributed by atoms with Crippen molar-refractivity contribution in [1.82, 2.24) is 4.98 Å². The molecule has 0 fully saturated rings. The average molecular weight is 153 g/mol. The normalized spacial score (nSPS) is 7.17. The van der Waals surface area contributed by atoms with Crippen LogP contribution in [0.5, 0.6) is 0 Å². The van der Waals surface area contributed by atoms with Crippen LogP contribution in [0.4, 0.5) is 0 Å². The fourth-order valence-corrected chi connectivity index (χ4v) is 0.670. The molecule has 0 aliphatic heterocycles. The number of nitriles is 2. The van der Waals surface area contributed by atoms with Crippen LogP contribution in [0, 0.1) is 34.5 Å². The maximum Gasteiger partial charge on any atom is 0.152 e. The predicted octanol–water partition coefficient (Wildman–Crippen LogP) is 0.828. The first-order chi connectivity index (χ1) is 5.86. The SMILES string of the molecule is N#CC#Cc1ccnc(C#N)c1. The molecule has 0 N–H and O–H groups in total. The minimum Gasteiger partial charge on any atom is -0.245 e. The van der Waals surface area contributed by atoms with Gasteiger partial charge in [0.15, 0.2) is 6.07 Å². The highest BCUT2D eigenvalue weighted by Gasteiger charge is 1.90. The summed E-state index contributed by atoms with van der Waals surface area (Å²) >= 11 is 0. The molecule has 1 aromatic heterocycles. The fraction of sp³-hybridized carbons (Fsp3) is 0. The molecule has 0 bridgehead atoms. The topological polar surface area (TPSA) is 60.5 Å². The Kier molecular flexibility index (Phi) is 2.44. The first-order valence-corrected chi connectivity index (χ1v) is 3.13. The summed E-state index contributed by atoms with van der Waals surface area (Å²) in [5, 5.41) is 16.6. The molecular formula is C9H3N3. The van der Waals surface area contributed by atoms with E-state index in [4.69, 9.17) is 10.5 Å². The van der Waals surface area contributed by atoms with E-state index in [0.717, 1.165) is 0 Å². The highest BCUT2D eigenvalue weighted by Crippen LogP contribution is 1.97. The van der Waals surface area contributed by atoms with E-state index in [0.29, 0.717) is 11.3 Å². The number of hydrogen-bond donors (Lipinski definition) is 0. The molecular weight excluding hydrogens is 150 g/mol. The van der Waals surface area contributed by atoms with Crippen LogP contribution in [0.15, 0.2) is 18.3 Å². The van der Waals surface area contributed by atoms with Gasteiger partial charge in [-0.25, -0.2) is 4.98 Å². The van der Waals surface area contributed by atoms with Crippen LogP contribution in [0.1, 0.15) is 11.3 Å². The molecule has 0 amide bonds. The van der Waals surface area contributed by atoms with Gasteiger partial charge in [0.1, 0.15) is 11.8 Å². The molecule has 0 aliphatic rings. The molecule has 0 atom stereocenters. The van der Waals surface area contributed by atoms with E-state index in [1.54, 1.807) is 12.1 Å². The summed E-state index contributed by atoms with van der Waals surface area (Å²) in [5.41, 5.74) is 0.933. The highest BCUT2D eigenvalue weighted by molar-refractivity contribution is 5.39. The molecule has 0 aromatic carbocycles. The summed E-state index contributed by atoms with van der Waals surface area (Å²) < 4.78 is 0. The quantitative estimate of drug-likeness (QED) is 0.518. The highest BCUT2D eigenvalue weighted by atomic mass is 14.7. The van der Waals surface area contributed by atoms with Crippen molar-refractivity contribution in [3.63, 3.8) is 0 Å². The van der Waals surface area contributed by atoms with Gasteiger partial charge in [0.05, 0.1) is 0 Å². The molecule has 0 radical (unpaired) electrons. The molecule has 0 spiro atoms. The lowest BCUT2D eigenvalue weighted by Gasteiger charge is -1.87. The Balaban J connectivity index is 3.06. The largest absolute Gasteiger partial charge is 0.245 e. The standard InChI is InChI=1S/C9H3N3/c10-4-1-2-8-3-5-12-9(6-8)7-11/h3,5-6H. The van der Waals surface area contributed by atoms with Crippen LogP contribution in [-0.4, -0.2) is 4.98 Å². The molecule has 54 valence electrons. The minimum absolute atomic E-state index is 0.305. The summed E-state index contributed by atoms with van der Waals surface area (Å²) in [6, 6.07) is 6.75. The number of hydrogen-bond acceptors (Lipinski definition) is 3. The number of rotatable bonds is 0. The van der Waals surface area contributed by atoms with E-state index < -0.39 is 0 Å². The van der Waals surface area contributed by atoms with Crippen molar-refractivity contribution in [3.8, 4) is 24.0 Å². The smallest absolute Gasteiger partial charge is 0.152 e. The molecule has 3 heteroatoms. The maximum atomic E-state index is 8.46. The second kappa shape index (κ2) is 3.76. The van der Waals surface area contributed by atoms with E-state index in [1.165, 1.54) is 12.3 Å². The molecule has 1 rings (SSSR count). The van der Waals surface area contributed by atoms with Crippen molar-refractivity contribution in [3.05, 3.63) is 29.6 Å². The zero-order valence-electron chi connectivity index (χ0n) is 6.07. The van der Waals surface area contributed by atoms with E-state index in [-0.39, 0.29) is 0 Å². The second-order valence-corrected chi connectivity index (χ2v) is 1.90. The average Bonchev–Trinajstić information content (AvgIpc) is 2.15. The van der Waals surface area contributed by atoms with Crippen molar-refractivity contribution in [1.29, 1.82) is 10.5 Å². The van der Waals surface area contributed by atoms with Gasteiger partial charge < -0.3 is 0 Å². The molecule has 0 unspecified atom stereocenters. The Bertz CT molecular complexity index is 424. The number of aromatic nitrogens is 1. The van der Waals surface area contributed by atoms with Gasteiger partial charge in [-0.1, -0.05) is 5.92 Å². The van der Waals surface area contributed by atoms with Crippen LogP contribution in [0.3, 0.4) is 0 Å². The van der Waals surface area contributed by atoms with Crippen molar-refractivity contribution < 1.29 is 0 Å². The zero-order valence-corrected chi connectivity index (χ0v) is 6.07. The summed E-state index contributed by atoms with van der Waals surface area (Å²) in [6.45, 7) is 0. The lowest BCUT2D eigenvalue weighted by atomic mass is 10.2. The molecule has 1 heterocycles. The molecule has 12 heavy (non-hydrogen) atoms. The Morgan fingerprint density at radius 3 is 2.83 bits per heavy atom. The van der Waals surface area contributed by atoms with E-state index >= 15 is 0 Å². The van der Waals surface area contributed by atoms with Gasteiger partial charge in [-0.2, -0.15) is 10.5 Å². The Morgan fingerprint density at radius 2 is 2.17 bits per heavy atom. The first-order valence-electron chi connectivity index (χ1n) is 3.13. The van der Waals surface area contributed by atoms with Crippen molar-refractivity contribution in [2.24, 2.45) is 0 Å². The molecule has 0 saturated carbocycles. The van der Waals surface area contributed by atoms with E-state index in [9.17, 15) is 0 Å². The number of pyridine rings is 1. The lowest BCUT2D eigenvalue weighted by Crippen LogP contribution is -1.82. The lowest BCUT2D eigenvalue weighted by molar-refractivity contribution is 1.26. The molecule has 0 saturated heterocycles. The van der Waals surface area contributed by atoms with Crippen LogP contribution >= 0.6 is 0 Å². The van der Waals surface area contributed by atoms with E-state index in [1.807, 2.05) is 6.07 Å². The maximum absolute atomic E-state index is 8.46. The Labute approximate surface area is 69.9 Å². The van der Waals surface area contributed by atoms with Crippen molar-refractivity contribution >= 4 is 0 Å². The van der Waals surface area contributed by atoms with Gasteiger partial charge in [0, 0.05) is 17.7 Å². The van der Waals surface area contributed by atoms with Gasteiger partial charge in [0.25, 0.3) is 0 Å². The number of nitrogens with zero attached hydrogens (tertiary/aromatic N) is 3. The van der Waals surface area contributed by atoms with Crippen molar-refractivity contribution in [2.75, 3.05) is 0 Å². The monoisotopic (exact) mass is 153 g/mol. The molecule has 3 nitrogen and oxygen atoms in total. The van der Waals surface area contributed by atoms with Crippen molar-refractivity contribution in [2.45, 2.75) is 0 Å².